The van der Waals surface area contributed by atoms with Crippen molar-refractivity contribution in [2.45, 2.75) is 68.0 Å². The molecule has 8 heteroatoms. The molecule has 0 aromatic carbocycles. The number of ether oxygens (including phenoxy) is 1. The second-order valence-corrected chi connectivity index (χ2v) is 10.7. The number of carbonyl (C=O) groups is 3. The molecular formula is C24H36N2O5S. The number of fused-ring (bicyclic) bond motifs is 1. The van der Waals surface area contributed by atoms with E-state index in [0.717, 1.165) is 25.7 Å². The Kier molecular flexibility index (Phi) is 8.09. The summed E-state index contributed by atoms with van der Waals surface area (Å²) in [5.41, 5.74) is 0. The normalized spacial score (nSPS) is 30.5. The Bertz CT molecular complexity index is 757. The van der Waals surface area contributed by atoms with Gasteiger partial charge in [-0.1, -0.05) is 12.2 Å². The largest absolute Gasteiger partial charge is 0.465 e. The summed E-state index contributed by atoms with van der Waals surface area (Å²) in [6, 6.07) is -0.739. The van der Waals surface area contributed by atoms with Crippen LogP contribution >= 0.6 is 11.8 Å². The quantitative estimate of drug-likeness (QED) is 0.271. The van der Waals surface area contributed by atoms with Crippen molar-refractivity contribution in [3.05, 3.63) is 25.3 Å². The molecule has 0 aromatic rings. The summed E-state index contributed by atoms with van der Waals surface area (Å²) >= 11 is 1.62. The van der Waals surface area contributed by atoms with Gasteiger partial charge >= 0.3 is 5.97 Å². The van der Waals surface area contributed by atoms with Gasteiger partial charge in [-0.3, -0.25) is 14.4 Å². The van der Waals surface area contributed by atoms with Crippen LogP contribution in [-0.2, 0) is 19.1 Å². The van der Waals surface area contributed by atoms with E-state index in [-0.39, 0.29) is 42.2 Å². The van der Waals surface area contributed by atoms with Gasteiger partial charge in [0.05, 0.1) is 29.8 Å². The maximum Gasteiger partial charge on any atom is 0.310 e. The molecule has 2 unspecified atom stereocenters. The van der Waals surface area contributed by atoms with E-state index in [0.29, 0.717) is 19.6 Å². The lowest BCUT2D eigenvalue weighted by atomic mass is 9.71. The van der Waals surface area contributed by atoms with Crippen molar-refractivity contribution >= 4 is 29.5 Å². The molecule has 2 amide bonds. The fourth-order valence-corrected chi connectivity index (χ4v) is 7.76. The van der Waals surface area contributed by atoms with Crippen LogP contribution in [0.1, 0.15) is 46.0 Å². The average Bonchev–Trinajstić information content (AvgIpc) is 3.39. The van der Waals surface area contributed by atoms with Crippen LogP contribution in [0.15, 0.2) is 25.3 Å². The highest BCUT2D eigenvalue weighted by atomic mass is 32.2. The number of esters is 1. The minimum absolute atomic E-state index is 0.0110. The first kappa shape index (κ1) is 24.8. The van der Waals surface area contributed by atoms with Crippen molar-refractivity contribution in [1.82, 2.24) is 9.80 Å². The van der Waals surface area contributed by atoms with Crippen molar-refractivity contribution in [3.8, 4) is 0 Å². The number of allylic oxidation sites excluding steroid dienone is 1. The topological polar surface area (TPSA) is 87.2 Å². The van der Waals surface area contributed by atoms with Crippen molar-refractivity contribution in [1.29, 1.82) is 0 Å². The monoisotopic (exact) mass is 464 g/mol. The Labute approximate surface area is 195 Å². The molecule has 0 radical (unpaired) electrons. The number of carbonyl (C=O) groups excluding carboxylic acids is 3. The van der Waals surface area contributed by atoms with Gasteiger partial charge in [-0.15, -0.1) is 24.9 Å². The Morgan fingerprint density at radius 2 is 2.09 bits per heavy atom. The number of unbranched alkanes of at least 4 members (excludes halogenated alkanes) is 2. The van der Waals surface area contributed by atoms with E-state index in [1.54, 1.807) is 22.7 Å². The maximum absolute atomic E-state index is 13.7. The van der Waals surface area contributed by atoms with Crippen LogP contribution in [0.25, 0.3) is 0 Å². The fraction of sp³-hybridized carbons (Fsp3) is 0.708. The van der Waals surface area contributed by atoms with Gasteiger partial charge in [0, 0.05) is 24.4 Å². The zero-order valence-electron chi connectivity index (χ0n) is 19.2. The summed E-state index contributed by atoms with van der Waals surface area (Å²) in [6.45, 7) is 11.9. The number of hydrogen-bond acceptors (Lipinski definition) is 6. The zero-order chi connectivity index (χ0) is 23.5. The summed E-state index contributed by atoms with van der Waals surface area (Å²) in [5, 5.41) is 9.64. The molecule has 178 valence electrons. The third-order valence-corrected chi connectivity index (χ3v) is 8.88. The third kappa shape index (κ3) is 4.23. The standard InChI is InChI=1S/C24H36N2O5S/c1-5-7-8-9-15-31-23(30)18-17-10-11-24(32-17)19(18)21(28)26(13-14-27)20(24)22(29)25(12-6-2)16(3)4/h5-6,16-20,27H,1-2,7-15H2,3-4H3/t17-,18+,19-,20?,24?/m0/s1. The number of aliphatic hydroxyl groups excluding tert-OH is 1. The van der Waals surface area contributed by atoms with Gasteiger partial charge in [0.15, 0.2) is 0 Å². The lowest BCUT2D eigenvalue weighted by molar-refractivity contribution is -0.154. The summed E-state index contributed by atoms with van der Waals surface area (Å²) in [7, 11) is 0. The Morgan fingerprint density at radius 1 is 1.34 bits per heavy atom. The van der Waals surface area contributed by atoms with Gasteiger partial charge in [-0.05, 0) is 46.0 Å². The van der Waals surface area contributed by atoms with E-state index in [4.69, 9.17) is 4.74 Å². The van der Waals surface area contributed by atoms with E-state index in [1.807, 2.05) is 19.9 Å². The summed E-state index contributed by atoms with van der Waals surface area (Å²) < 4.78 is 4.93. The minimum atomic E-state index is -0.685. The van der Waals surface area contributed by atoms with Gasteiger partial charge in [-0.2, -0.15) is 0 Å². The second kappa shape index (κ2) is 10.4. The molecule has 2 bridgehead atoms. The first-order valence-electron chi connectivity index (χ1n) is 11.6. The number of thioether (sulfide) groups is 1. The van der Waals surface area contributed by atoms with E-state index >= 15 is 0 Å². The van der Waals surface area contributed by atoms with Crippen LogP contribution in [0.2, 0.25) is 0 Å². The number of β-amino-alcohol motifs (C(OH)–C–C–N with tert-alkyl or cyclic N) is 1. The zero-order valence-corrected chi connectivity index (χ0v) is 20.0. The van der Waals surface area contributed by atoms with Gasteiger partial charge in [0.1, 0.15) is 6.04 Å². The van der Waals surface area contributed by atoms with Crippen LogP contribution in [0, 0.1) is 11.8 Å². The second-order valence-electron chi connectivity index (χ2n) is 9.14. The Hall–Kier alpha value is -1.80. The lowest BCUT2D eigenvalue weighted by Gasteiger charge is -2.38. The SMILES string of the molecule is C=CCCCCOC(=O)[C@@H]1[C@@H]2CCC3(S2)C(C(=O)N(CC=C)C(C)C)N(CCO)C(=O)[C@H]13. The predicted octanol–water partition coefficient (Wildman–Crippen LogP) is 2.39. The van der Waals surface area contributed by atoms with Crippen LogP contribution in [0.3, 0.4) is 0 Å². The van der Waals surface area contributed by atoms with Gasteiger partial charge in [0.2, 0.25) is 11.8 Å². The average molecular weight is 465 g/mol. The summed E-state index contributed by atoms with van der Waals surface area (Å²) in [6.07, 6.45) is 7.56. The molecule has 3 aliphatic rings. The van der Waals surface area contributed by atoms with Crippen LogP contribution < -0.4 is 0 Å². The molecule has 1 spiro atoms. The molecule has 3 saturated heterocycles. The first-order valence-corrected chi connectivity index (χ1v) is 12.5. The number of likely N-dealkylation sites (tertiary alicyclic amines) is 1. The molecule has 3 aliphatic heterocycles. The van der Waals surface area contributed by atoms with Gasteiger partial charge < -0.3 is 19.6 Å². The third-order valence-electron chi connectivity index (χ3n) is 6.93. The maximum atomic E-state index is 13.7. The van der Waals surface area contributed by atoms with E-state index in [9.17, 15) is 19.5 Å². The van der Waals surface area contributed by atoms with Crippen LogP contribution in [0.4, 0.5) is 0 Å². The molecule has 3 fully saturated rings. The van der Waals surface area contributed by atoms with E-state index in [2.05, 4.69) is 13.2 Å². The Morgan fingerprint density at radius 3 is 2.72 bits per heavy atom. The van der Waals surface area contributed by atoms with Crippen LogP contribution in [-0.4, -0.2) is 81.1 Å². The number of rotatable bonds is 12. The number of hydrogen-bond donors (Lipinski definition) is 1. The molecule has 1 N–H and O–H groups in total. The van der Waals surface area contributed by atoms with Gasteiger partial charge in [0.25, 0.3) is 0 Å². The van der Waals surface area contributed by atoms with Crippen molar-refractivity contribution in [3.63, 3.8) is 0 Å². The molecule has 5 atom stereocenters. The van der Waals surface area contributed by atoms with E-state index in [1.165, 1.54) is 4.90 Å². The van der Waals surface area contributed by atoms with Crippen molar-refractivity contribution in [2.75, 3.05) is 26.3 Å². The molecule has 0 saturated carbocycles. The van der Waals surface area contributed by atoms with Gasteiger partial charge in [-0.25, -0.2) is 0 Å². The smallest absolute Gasteiger partial charge is 0.310 e. The Balaban J connectivity index is 1.86. The van der Waals surface area contributed by atoms with E-state index < -0.39 is 22.6 Å². The minimum Gasteiger partial charge on any atom is -0.465 e. The number of nitrogens with zero attached hydrogens (tertiary/aromatic N) is 2. The summed E-state index contributed by atoms with van der Waals surface area (Å²) in [5.74, 6) is -1.78. The summed E-state index contributed by atoms with van der Waals surface area (Å²) in [4.78, 5) is 43.6. The fourth-order valence-electron chi connectivity index (χ4n) is 5.56. The number of amides is 2. The molecule has 0 aromatic heterocycles. The molecular weight excluding hydrogens is 428 g/mol. The van der Waals surface area contributed by atoms with Crippen molar-refractivity contribution in [2.24, 2.45) is 11.8 Å². The molecule has 7 nitrogen and oxygen atoms in total. The molecule has 3 rings (SSSR count). The molecule has 32 heavy (non-hydrogen) atoms. The first-order chi connectivity index (χ1) is 15.3. The van der Waals surface area contributed by atoms with Crippen molar-refractivity contribution < 1.29 is 24.2 Å². The van der Waals surface area contributed by atoms with Crippen LogP contribution in [0.5, 0.6) is 0 Å². The predicted molar refractivity (Wildman–Crippen MR) is 125 cm³/mol. The molecule has 3 heterocycles. The highest BCUT2D eigenvalue weighted by Gasteiger charge is 2.74. The lowest BCUT2D eigenvalue weighted by Crippen LogP contribution is -2.56. The molecule has 0 aliphatic carbocycles. The highest BCUT2D eigenvalue weighted by Crippen LogP contribution is 2.66. The number of aliphatic hydroxyl groups is 1. The highest BCUT2D eigenvalue weighted by molar-refractivity contribution is 8.02.